The summed E-state index contributed by atoms with van der Waals surface area (Å²) in [5.74, 6) is 0. The second-order valence-electron chi connectivity index (χ2n) is 3.71. The van der Waals surface area contributed by atoms with Gasteiger partial charge in [-0.3, -0.25) is 4.21 Å². The Morgan fingerprint density at radius 3 is 2.67 bits per heavy atom. The maximum atomic E-state index is 12.1. The Balaban J connectivity index is 2.09. The zero-order valence-corrected chi connectivity index (χ0v) is 9.33. The lowest BCUT2D eigenvalue weighted by Gasteiger charge is -2.21. The predicted octanol–water partition coefficient (Wildman–Crippen LogP) is 1.56. The molecule has 2 atom stereocenters. The lowest BCUT2D eigenvalue weighted by Crippen LogP contribution is -2.26. The molecule has 1 aromatic rings. The minimum atomic E-state index is -0.959. The third-order valence-electron chi connectivity index (χ3n) is 2.53. The van der Waals surface area contributed by atoms with E-state index in [4.69, 9.17) is 10.5 Å². The highest BCUT2D eigenvalue weighted by Gasteiger charge is 2.21. The van der Waals surface area contributed by atoms with E-state index in [1.165, 1.54) is 0 Å². The fourth-order valence-electron chi connectivity index (χ4n) is 1.67. The van der Waals surface area contributed by atoms with E-state index < -0.39 is 10.8 Å². The Bertz CT molecular complexity index is 344. The summed E-state index contributed by atoms with van der Waals surface area (Å²) >= 11 is 0. The fraction of sp³-hybridized carbons (Fsp3) is 0.455. The predicted molar refractivity (Wildman–Crippen MR) is 61.1 cm³/mol. The highest BCUT2D eigenvalue weighted by atomic mass is 32.2. The third kappa shape index (κ3) is 2.58. The van der Waals surface area contributed by atoms with Crippen molar-refractivity contribution in [2.75, 3.05) is 18.9 Å². The van der Waals surface area contributed by atoms with Gasteiger partial charge in [-0.1, -0.05) is 0 Å². The zero-order valence-electron chi connectivity index (χ0n) is 8.52. The van der Waals surface area contributed by atoms with Gasteiger partial charge in [-0.05, 0) is 37.1 Å². The van der Waals surface area contributed by atoms with Crippen LogP contribution in [0.4, 0.5) is 5.69 Å². The molecule has 1 fully saturated rings. The number of rotatable bonds is 2. The molecule has 4 heteroatoms. The first-order valence-corrected chi connectivity index (χ1v) is 6.32. The van der Waals surface area contributed by atoms with Gasteiger partial charge in [0.05, 0.1) is 22.7 Å². The molecule has 2 N–H and O–H groups in total. The Hall–Kier alpha value is -0.870. The quantitative estimate of drug-likeness (QED) is 0.777. The van der Waals surface area contributed by atoms with Crippen LogP contribution >= 0.6 is 0 Å². The van der Waals surface area contributed by atoms with E-state index in [2.05, 4.69) is 0 Å². The van der Waals surface area contributed by atoms with Crippen molar-refractivity contribution in [3.05, 3.63) is 24.3 Å². The number of benzene rings is 1. The molecule has 1 aliphatic heterocycles. The molecule has 15 heavy (non-hydrogen) atoms. The largest absolute Gasteiger partial charge is 0.399 e. The molecule has 0 radical (unpaired) electrons. The van der Waals surface area contributed by atoms with Crippen molar-refractivity contribution in [3.8, 4) is 0 Å². The standard InChI is InChI=1S/C11H15NO2S/c12-9-3-5-10(6-4-9)15(13)11-2-1-7-14-8-11/h3-6,11H,1-2,7-8,12H2. The highest BCUT2D eigenvalue weighted by Crippen LogP contribution is 2.19. The van der Waals surface area contributed by atoms with Gasteiger partial charge in [-0.15, -0.1) is 0 Å². The zero-order chi connectivity index (χ0) is 10.7. The minimum absolute atomic E-state index is 0.141. The van der Waals surface area contributed by atoms with Crippen LogP contribution in [-0.4, -0.2) is 22.7 Å². The number of anilines is 1. The van der Waals surface area contributed by atoms with Gasteiger partial charge in [0.15, 0.2) is 0 Å². The molecule has 3 nitrogen and oxygen atoms in total. The molecule has 2 unspecified atom stereocenters. The first-order chi connectivity index (χ1) is 7.27. The lowest BCUT2D eigenvalue weighted by molar-refractivity contribution is 0.100. The van der Waals surface area contributed by atoms with Crippen LogP contribution in [0.15, 0.2) is 29.2 Å². The first-order valence-electron chi connectivity index (χ1n) is 5.11. The molecule has 1 aromatic carbocycles. The van der Waals surface area contributed by atoms with Crippen molar-refractivity contribution in [3.63, 3.8) is 0 Å². The summed E-state index contributed by atoms with van der Waals surface area (Å²) in [5, 5.41) is 0.141. The van der Waals surface area contributed by atoms with Crippen LogP contribution in [0.5, 0.6) is 0 Å². The van der Waals surface area contributed by atoms with Gasteiger partial charge >= 0.3 is 0 Å². The van der Waals surface area contributed by atoms with E-state index >= 15 is 0 Å². The number of hydrogen-bond acceptors (Lipinski definition) is 3. The van der Waals surface area contributed by atoms with Gasteiger partial charge in [0.2, 0.25) is 0 Å². The summed E-state index contributed by atoms with van der Waals surface area (Å²) in [6.45, 7) is 1.41. The monoisotopic (exact) mass is 225 g/mol. The normalized spacial score (nSPS) is 23.6. The smallest absolute Gasteiger partial charge is 0.0629 e. The van der Waals surface area contributed by atoms with Gasteiger partial charge < -0.3 is 10.5 Å². The Morgan fingerprint density at radius 2 is 2.07 bits per heavy atom. The summed E-state index contributed by atoms with van der Waals surface area (Å²) in [7, 11) is -0.959. The molecule has 1 aliphatic rings. The minimum Gasteiger partial charge on any atom is -0.399 e. The molecule has 0 aromatic heterocycles. The molecule has 0 saturated carbocycles. The molecular weight excluding hydrogens is 210 g/mol. The van der Waals surface area contributed by atoms with Crippen LogP contribution < -0.4 is 5.73 Å². The van der Waals surface area contributed by atoms with Gasteiger partial charge in [0.25, 0.3) is 0 Å². The SMILES string of the molecule is Nc1ccc(S(=O)C2CCCOC2)cc1. The first kappa shape index (κ1) is 10.6. The van der Waals surface area contributed by atoms with Crippen LogP contribution in [-0.2, 0) is 15.5 Å². The number of nitrogen functional groups attached to an aromatic ring is 1. The topological polar surface area (TPSA) is 52.3 Å². The second kappa shape index (κ2) is 4.77. The van der Waals surface area contributed by atoms with E-state index in [-0.39, 0.29) is 5.25 Å². The lowest BCUT2D eigenvalue weighted by atomic mass is 10.2. The van der Waals surface area contributed by atoms with E-state index in [9.17, 15) is 4.21 Å². The molecule has 1 saturated heterocycles. The molecule has 0 bridgehead atoms. The maximum Gasteiger partial charge on any atom is 0.0629 e. The van der Waals surface area contributed by atoms with Crippen molar-refractivity contribution in [2.24, 2.45) is 0 Å². The average molecular weight is 225 g/mol. The van der Waals surface area contributed by atoms with Crippen molar-refractivity contribution >= 4 is 16.5 Å². The van der Waals surface area contributed by atoms with Crippen LogP contribution in [0.25, 0.3) is 0 Å². The third-order valence-corrected chi connectivity index (χ3v) is 4.25. The van der Waals surface area contributed by atoms with Gasteiger partial charge in [-0.25, -0.2) is 0 Å². The molecule has 0 spiro atoms. The van der Waals surface area contributed by atoms with Crippen molar-refractivity contribution < 1.29 is 8.95 Å². The molecule has 0 aliphatic carbocycles. The van der Waals surface area contributed by atoms with Gasteiger partial charge in [0, 0.05) is 17.2 Å². The summed E-state index contributed by atoms with van der Waals surface area (Å²) < 4.78 is 17.4. The van der Waals surface area contributed by atoms with E-state index in [1.54, 1.807) is 12.1 Å². The molecular formula is C11H15NO2S. The number of nitrogens with two attached hydrogens (primary N) is 1. The van der Waals surface area contributed by atoms with Crippen molar-refractivity contribution in [2.45, 2.75) is 23.0 Å². The second-order valence-corrected chi connectivity index (χ2v) is 5.44. The van der Waals surface area contributed by atoms with Gasteiger partial charge in [0.1, 0.15) is 0 Å². The fourth-order valence-corrected chi connectivity index (χ4v) is 3.06. The van der Waals surface area contributed by atoms with E-state index in [0.29, 0.717) is 12.3 Å². The highest BCUT2D eigenvalue weighted by molar-refractivity contribution is 7.85. The number of hydrogen-bond donors (Lipinski definition) is 1. The van der Waals surface area contributed by atoms with E-state index in [0.717, 1.165) is 24.3 Å². The van der Waals surface area contributed by atoms with Crippen LogP contribution in [0.1, 0.15) is 12.8 Å². The summed E-state index contributed by atoms with van der Waals surface area (Å²) in [6.07, 6.45) is 1.99. The number of ether oxygens (including phenoxy) is 1. The van der Waals surface area contributed by atoms with Crippen LogP contribution in [0, 0.1) is 0 Å². The van der Waals surface area contributed by atoms with Gasteiger partial charge in [-0.2, -0.15) is 0 Å². The summed E-state index contributed by atoms with van der Waals surface area (Å²) in [5.41, 5.74) is 6.29. The summed E-state index contributed by atoms with van der Waals surface area (Å²) in [4.78, 5) is 0.847. The van der Waals surface area contributed by atoms with Crippen molar-refractivity contribution in [1.29, 1.82) is 0 Å². The molecule has 82 valence electrons. The molecule has 0 amide bonds. The Kier molecular flexibility index (Phi) is 3.38. The summed E-state index contributed by atoms with van der Waals surface area (Å²) in [6, 6.07) is 7.24. The Morgan fingerprint density at radius 1 is 1.33 bits per heavy atom. The van der Waals surface area contributed by atoms with Crippen molar-refractivity contribution in [1.82, 2.24) is 0 Å². The van der Waals surface area contributed by atoms with E-state index in [1.807, 2.05) is 12.1 Å². The molecule has 1 heterocycles. The van der Waals surface area contributed by atoms with Crippen LogP contribution in [0.2, 0.25) is 0 Å². The maximum absolute atomic E-state index is 12.1. The molecule has 2 rings (SSSR count). The van der Waals surface area contributed by atoms with Crippen LogP contribution in [0.3, 0.4) is 0 Å². The average Bonchev–Trinajstić information content (AvgIpc) is 2.30. The Labute approximate surface area is 92.1 Å².